The number of likely N-dealkylation sites (N-methyl/N-ethyl adjacent to an activating group) is 1. The molecule has 0 aromatic carbocycles. The van der Waals surface area contributed by atoms with Crippen LogP contribution in [0, 0.1) is 0 Å². The summed E-state index contributed by atoms with van der Waals surface area (Å²) in [5.41, 5.74) is 0. The fraction of sp³-hybridized carbons (Fsp3) is 0.561. The first-order chi connectivity index (χ1) is 31.6. The number of ether oxygens (including phenoxy) is 3. The Morgan fingerprint density at radius 2 is 0.815 bits per heavy atom. The first-order valence-electron chi connectivity index (χ1n) is 24.7. The first kappa shape index (κ1) is 60.5. The van der Waals surface area contributed by atoms with Crippen LogP contribution in [-0.4, -0.2) is 80.6 Å². The molecule has 0 saturated heterocycles. The van der Waals surface area contributed by atoms with E-state index in [0.717, 1.165) is 116 Å². The van der Waals surface area contributed by atoms with Gasteiger partial charge in [0.15, 0.2) is 12.1 Å². The lowest BCUT2D eigenvalue weighted by Crippen LogP contribution is -2.50. The normalized spacial score (nSPS) is 14.0. The molecule has 0 aliphatic carbocycles. The fourth-order valence-corrected chi connectivity index (χ4v) is 6.30. The molecule has 0 bridgehead atoms. The molecule has 2 atom stereocenters. The molecule has 8 heteroatoms. The van der Waals surface area contributed by atoms with Gasteiger partial charge in [0.2, 0.25) is 0 Å². The lowest BCUT2D eigenvalue weighted by molar-refractivity contribution is -0.887. The van der Waals surface area contributed by atoms with Gasteiger partial charge in [0.1, 0.15) is 6.61 Å². The van der Waals surface area contributed by atoms with Crippen molar-refractivity contribution in [2.45, 2.75) is 167 Å². The van der Waals surface area contributed by atoms with Gasteiger partial charge in [-0.2, -0.15) is 0 Å². The average Bonchev–Trinajstić information content (AvgIpc) is 3.27. The van der Waals surface area contributed by atoms with Crippen molar-refractivity contribution in [3.63, 3.8) is 0 Å². The number of hydrogen-bond donors (Lipinski definition) is 1. The van der Waals surface area contributed by atoms with Crippen LogP contribution in [0.15, 0.2) is 134 Å². The zero-order chi connectivity index (χ0) is 47.7. The van der Waals surface area contributed by atoms with E-state index in [9.17, 15) is 19.5 Å². The SMILES string of the molecule is CC/C=C/C/C=C/C/C=C/C/C=C/C/C=C/C/C=C/CCCCCC(=O)OC(COCCC(C(=O)O)[N+](C)(C)C)COC(=O)CCCCC/C=C/C/C=C/C/C=C/C/C=C/C/C=C/CC. The van der Waals surface area contributed by atoms with Gasteiger partial charge in [0.25, 0.3) is 0 Å². The minimum atomic E-state index is -0.892. The molecule has 0 aliphatic heterocycles. The topological polar surface area (TPSA) is 99.1 Å². The molecule has 0 heterocycles. The largest absolute Gasteiger partial charge is 0.477 e. The van der Waals surface area contributed by atoms with Crippen LogP contribution in [0.1, 0.15) is 155 Å². The second-order valence-corrected chi connectivity index (χ2v) is 17.0. The Labute approximate surface area is 396 Å². The van der Waals surface area contributed by atoms with Crippen molar-refractivity contribution in [3.8, 4) is 0 Å². The minimum Gasteiger partial charge on any atom is -0.477 e. The maximum Gasteiger partial charge on any atom is 0.362 e. The number of allylic oxidation sites excluding steroid dienone is 22. The van der Waals surface area contributed by atoms with Gasteiger partial charge in [-0.1, -0.05) is 160 Å². The van der Waals surface area contributed by atoms with Crippen LogP contribution >= 0.6 is 0 Å². The number of unbranched alkanes of at least 4 members (excludes halogenated alkanes) is 6. The number of aliphatic carboxylic acids is 1. The van der Waals surface area contributed by atoms with Crippen LogP contribution in [0.5, 0.6) is 0 Å². The third-order valence-electron chi connectivity index (χ3n) is 10.0. The van der Waals surface area contributed by atoms with Gasteiger partial charge in [-0.05, 0) is 109 Å². The van der Waals surface area contributed by atoms with E-state index in [1.165, 1.54) is 0 Å². The number of nitrogens with zero attached hydrogens (tertiary/aromatic N) is 1. The number of carboxylic acids is 1. The van der Waals surface area contributed by atoms with Crippen LogP contribution in [0.25, 0.3) is 0 Å². The van der Waals surface area contributed by atoms with Crippen LogP contribution < -0.4 is 0 Å². The van der Waals surface area contributed by atoms with Crippen molar-refractivity contribution in [3.05, 3.63) is 134 Å². The first-order valence-corrected chi connectivity index (χ1v) is 24.7. The summed E-state index contributed by atoms with van der Waals surface area (Å²) < 4.78 is 17.3. The third-order valence-corrected chi connectivity index (χ3v) is 10.0. The predicted octanol–water partition coefficient (Wildman–Crippen LogP) is 14.4. The molecule has 0 saturated carbocycles. The van der Waals surface area contributed by atoms with E-state index in [4.69, 9.17) is 14.2 Å². The van der Waals surface area contributed by atoms with Gasteiger partial charge in [-0.3, -0.25) is 9.59 Å². The van der Waals surface area contributed by atoms with E-state index >= 15 is 0 Å². The van der Waals surface area contributed by atoms with Gasteiger partial charge in [0.05, 0.1) is 34.4 Å². The highest BCUT2D eigenvalue weighted by molar-refractivity contribution is 5.72. The smallest absolute Gasteiger partial charge is 0.362 e. The summed E-state index contributed by atoms with van der Waals surface area (Å²) in [5, 5.41) is 9.65. The quantitative estimate of drug-likeness (QED) is 0.0282. The molecule has 0 rings (SSSR count). The van der Waals surface area contributed by atoms with Crippen LogP contribution in [0.4, 0.5) is 0 Å². The Morgan fingerprint density at radius 1 is 0.462 bits per heavy atom. The Hall–Kier alpha value is -4.53. The van der Waals surface area contributed by atoms with Crippen molar-refractivity contribution < 1.29 is 38.2 Å². The minimum absolute atomic E-state index is 0.0262. The highest BCUT2D eigenvalue weighted by Gasteiger charge is 2.31. The van der Waals surface area contributed by atoms with Crippen LogP contribution in [0.3, 0.4) is 0 Å². The number of carboxylic acid groups (broad SMARTS) is 1. The van der Waals surface area contributed by atoms with Crippen LogP contribution in [-0.2, 0) is 28.6 Å². The molecular weight excluding hydrogens is 811 g/mol. The van der Waals surface area contributed by atoms with E-state index in [1.54, 1.807) is 0 Å². The molecule has 0 fully saturated rings. The van der Waals surface area contributed by atoms with Crippen molar-refractivity contribution in [1.82, 2.24) is 0 Å². The summed E-state index contributed by atoms with van der Waals surface area (Å²) in [7, 11) is 5.49. The predicted molar refractivity (Wildman–Crippen MR) is 275 cm³/mol. The van der Waals surface area contributed by atoms with Gasteiger partial charge in [-0.25, -0.2) is 4.79 Å². The number of rotatable bonds is 42. The van der Waals surface area contributed by atoms with E-state index in [1.807, 2.05) is 21.1 Å². The summed E-state index contributed by atoms with van der Waals surface area (Å²) in [4.78, 5) is 37.1. The summed E-state index contributed by atoms with van der Waals surface area (Å²) in [6.07, 6.45) is 66.4. The molecule has 0 aliphatic rings. The molecule has 0 aromatic rings. The van der Waals surface area contributed by atoms with Gasteiger partial charge >= 0.3 is 17.9 Å². The monoisotopic (exact) mass is 901 g/mol. The molecule has 0 amide bonds. The zero-order valence-corrected chi connectivity index (χ0v) is 41.4. The fourth-order valence-electron chi connectivity index (χ4n) is 6.30. The van der Waals surface area contributed by atoms with Crippen molar-refractivity contribution in [1.29, 1.82) is 0 Å². The number of hydrogen-bond acceptors (Lipinski definition) is 6. The van der Waals surface area contributed by atoms with Gasteiger partial charge in [0, 0.05) is 19.3 Å². The highest BCUT2D eigenvalue weighted by atomic mass is 16.6. The van der Waals surface area contributed by atoms with Gasteiger partial charge < -0.3 is 23.8 Å². The third kappa shape index (κ3) is 44.5. The molecule has 0 radical (unpaired) electrons. The number of quaternary nitrogens is 1. The standard InChI is InChI=1S/C57H89NO7/c1-6-8-10-12-14-16-18-20-22-24-26-27-28-30-32-34-36-38-40-42-44-46-48-56(60)65-53(51-63-50-49-54(57(61)62)58(3,4)5)52-64-55(59)47-45-43-41-39-37-35-33-31-29-25-23-21-19-17-15-13-11-9-7-2/h8-11,14-17,20-23,26-27,29-32,35-38,53-54H,6-7,12-13,18-19,24-25,28,33-34,39-52H2,1-5H3/p+1/b10-8+,11-9+,16-14+,17-15+,22-20+,23-21+,27-26+,31-29+,32-30+,37-35+,38-36+. The van der Waals surface area contributed by atoms with Crippen molar-refractivity contribution in [2.75, 3.05) is 41.0 Å². The summed E-state index contributed by atoms with van der Waals surface area (Å²) in [6, 6.07) is -0.636. The van der Waals surface area contributed by atoms with E-state index in [0.29, 0.717) is 19.3 Å². The van der Waals surface area contributed by atoms with E-state index in [-0.39, 0.29) is 42.7 Å². The molecule has 65 heavy (non-hydrogen) atoms. The maximum atomic E-state index is 12.8. The van der Waals surface area contributed by atoms with Crippen LogP contribution in [0.2, 0.25) is 0 Å². The zero-order valence-electron chi connectivity index (χ0n) is 41.4. The van der Waals surface area contributed by atoms with E-state index < -0.39 is 18.1 Å². The Balaban J connectivity index is 4.45. The van der Waals surface area contributed by atoms with E-state index in [2.05, 4.69) is 148 Å². The number of carbonyl (C=O) groups excluding carboxylic acids is 2. The average molecular weight is 901 g/mol. The Bertz CT molecular complexity index is 1520. The highest BCUT2D eigenvalue weighted by Crippen LogP contribution is 2.12. The Kier molecular flexibility index (Phi) is 42.8. The lowest BCUT2D eigenvalue weighted by atomic mass is 10.1. The molecule has 8 nitrogen and oxygen atoms in total. The van der Waals surface area contributed by atoms with Crippen molar-refractivity contribution in [2.24, 2.45) is 0 Å². The second-order valence-electron chi connectivity index (χ2n) is 17.0. The lowest BCUT2D eigenvalue weighted by Gasteiger charge is -2.31. The van der Waals surface area contributed by atoms with Gasteiger partial charge in [-0.15, -0.1) is 0 Å². The maximum absolute atomic E-state index is 12.8. The molecule has 0 spiro atoms. The molecule has 0 aromatic heterocycles. The number of esters is 2. The summed E-state index contributed by atoms with van der Waals surface area (Å²) in [5.74, 6) is -1.57. The Morgan fingerprint density at radius 3 is 1.17 bits per heavy atom. The molecule has 2 unspecified atom stereocenters. The molecule has 1 N–H and O–H groups in total. The second kappa shape index (κ2) is 46.0. The van der Waals surface area contributed by atoms with Crippen molar-refractivity contribution >= 4 is 17.9 Å². The summed E-state index contributed by atoms with van der Waals surface area (Å²) >= 11 is 0. The molecular formula is C57H90NO7+. The molecule has 364 valence electrons. The summed E-state index contributed by atoms with van der Waals surface area (Å²) in [6.45, 7) is 4.41. The number of carbonyl (C=O) groups is 3.